The summed E-state index contributed by atoms with van der Waals surface area (Å²) in [4.78, 5) is 98.1. The molecule has 8 rings (SSSR count). The normalized spacial score (nSPS) is 16.3. The Balaban J connectivity index is 0.867. The molecule has 1 aliphatic carbocycles. The fraction of sp³-hybridized carbons (Fsp3) is 0.389. The van der Waals surface area contributed by atoms with Gasteiger partial charge in [-0.1, -0.05) is 62.6 Å². The number of anilines is 2. The quantitative estimate of drug-likeness (QED) is 0.0145. The Hall–Kier alpha value is -7.44. The van der Waals surface area contributed by atoms with Crippen molar-refractivity contribution in [3.8, 4) is 11.5 Å². The highest BCUT2D eigenvalue weighted by molar-refractivity contribution is 6.19. The third-order valence-corrected chi connectivity index (χ3v) is 14.4. The number of imide groups is 1. The molecule has 7 N–H and O–H groups in total. The van der Waals surface area contributed by atoms with Crippen molar-refractivity contribution in [1.29, 1.82) is 0 Å². The van der Waals surface area contributed by atoms with E-state index in [1.165, 1.54) is 0 Å². The Morgan fingerprint density at radius 3 is 2.36 bits per heavy atom. The van der Waals surface area contributed by atoms with Crippen molar-refractivity contribution >= 4 is 86.1 Å². The number of amides is 8. The molecule has 0 unspecified atom stereocenters. The highest BCUT2D eigenvalue weighted by atomic mass is 35.5. The van der Waals surface area contributed by atoms with E-state index in [1.807, 2.05) is 67.6 Å². The van der Waals surface area contributed by atoms with Crippen molar-refractivity contribution in [1.82, 2.24) is 25.6 Å². The minimum absolute atomic E-state index is 0.0704. The van der Waals surface area contributed by atoms with E-state index in [2.05, 4.69) is 35.0 Å². The van der Waals surface area contributed by atoms with Crippen molar-refractivity contribution in [3.05, 3.63) is 108 Å². The highest BCUT2D eigenvalue weighted by Gasteiger charge is 2.55. The summed E-state index contributed by atoms with van der Waals surface area (Å²) >= 11 is 6.42. The number of nitrogens with one attached hydrogen (secondary N) is 4. The first-order valence-corrected chi connectivity index (χ1v) is 25.4. The van der Waals surface area contributed by atoms with Crippen LogP contribution in [0.2, 0.25) is 0 Å². The molecule has 5 aromatic rings. The molecular weight excluding hydrogens is 954 g/mol. The fourth-order valence-electron chi connectivity index (χ4n) is 9.95. The van der Waals surface area contributed by atoms with Gasteiger partial charge in [0.1, 0.15) is 48.3 Å². The van der Waals surface area contributed by atoms with Crippen LogP contribution in [0.15, 0.2) is 91.0 Å². The second-order valence-electron chi connectivity index (χ2n) is 19.8. The first-order chi connectivity index (χ1) is 35.0. The first kappa shape index (κ1) is 51.9. The molecule has 384 valence electrons. The number of hydrazine groups is 1. The molecule has 1 saturated carbocycles. The molecule has 0 radical (unpaired) electrons. The van der Waals surface area contributed by atoms with Gasteiger partial charge in [0.05, 0.1) is 19.8 Å². The molecule has 0 bridgehead atoms. The first-order valence-electron chi connectivity index (χ1n) is 24.8. The standard InChI is InChI=1S/C54H62ClN9O9/c1-4-5-8-25-62(63-46(66)20-21-47(63)67)52(71)54(22-10-23-54)51(70)60-42(13-9-24-57-53(56)72)49(68)58-37-16-14-34(15-17-37)33-64(2,3)26-27-73-38-18-19-41-35(28-38)29-43(59-41)50(69)61-32-36(31-55)48-40-12-7-6-11-39(40)45(65)30-44(48)61/h6-7,11-12,14-21,28-30,36,42H,4-5,8-10,13,22-27,31-33H2,1-3H3,(H6-,56,57,58,59,60,65,68,69,70,72)/p+1/t36-,42+/m1/s1. The van der Waals surface area contributed by atoms with Gasteiger partial charge in [-0.15, -0.1) is 11.6 Å². The molecule has 3 aliphatic rings. The lowest BCUT2D eigenvalue weighted by Gasteiger charge is -2.44. The number of quaternary nitrogens is 1. The number of likely N-dealkylation sites (N-methyl/N-ethyl adjacent to an activating group) is 1. The molecule has 0 spiro atoms. The van der Waals surface area contributed by atoms with Crippen LogP contribution >= 0.6 is 11.6 Å². The van der Waals surface area contributed by atoms with E-state index in [4.69, 9.17) is 22.1 Å². The van der Waals surface area contributed by atoms with Crippen molar-refractivity contribution < 1.29 is 47.9 Å². The average molecular weight is 1020 g/mol. The zero-order chi connectivity index (χ0) is 52.0. The molecule has 2 atom stereocenters. The number of aromatic nitrogens is 1. The summed E-state index contributed by atoms with van der Waals surface area (Å²) in [6, 6.07) is 22.2. The number of ether oxygens (including phenoxy) is 1. The summed E-state index contributed by atoms with van der Waals surface area (Å²) in [6.45, 7) is 4.29. The number of benzene rings is 4. The minimum atomic E-state index is -1.58. The molecule has 18 nitrogen and oxygen atoms in total. The Bertz CT molecular complexity index is 2950. The van der Waals surface area contributed by atoms with Crippen LogP contribution in [0.5, 0.6) is 11.5 Å². The van der Waals surface area contributed by atoms with Crippen LogP contribution in [0, 0.1) is 5.41 Å². The predicted octanol–water partition coefficient (Wildman–Crippen LogP) is 6.57. The number of carbonyl (C=O) groups excluding carboxylic acids is 7. The van der Waals surface area contributed by atoms with Crippen molar-refractivity contribution in [3.63, 3.8) is 0 Å². The number of halogens is 1. The average Bonchev–Trinajstić information content (AvgIpc) is 4.05. The number of phenolic OH excluding ortho intramolecular Hbond substituents is 1. The van der Waals surface area contributed by atoms with Gasteiger partial charge >= 0.3 is 6.03 Å². The van der Waals surface area contributed by atoms with Gasteiger partial charge in [-0.3, -0.25) is 28.8 Å². The monoisotopic (exact) mass is 1020 g/mol. The number of hydrogen-bond donors (Lipinski definition) is 6. The van der Waals surface area contributed by atoms with Gasteiger partial charge in [0.25, 0.3) is 23.6 Å². The van der Waals surface area contributed by atoms with Crippen LogP contribution in [-0.2, 0) is 30.5 Å². The van der Waals surface area contributed by atoms with Crippen LogP contribution in [0.25, 0.3) is 21.7 Å². The number of rotatable bonds is 22. The Morgan fingerprint density at radius 1 is 0.959 bits per heavy atom. The third kappa shape index (κ3) is 11.3. The van der Waals surface area contributed by atoms with Gasteiger partial charge in [-0.25, -0.2) is 9.80 Å². The number of phenols is 1. The number of H-pyrrole nitrogens is 1. The molecule has 73 heavy (non-hydrogen) atoms. The Labute approximate surface area is 428 Å². The number of urea groups is 1. The van der Waals surface area contributed by atoms with E-state index >= 15 is 0 Å². The smallest absolute Gasteiger partial charge is 0.312 e. The maximum absolute atomic E-state index is 14.3. The zero-order valence-corrected chi connectivity index (χ0v) is 42.1. The third-order valence-electron chi connectivity index (χ3n) is 14.1. The topological polar surface area (TPSA) is 237 Å². The number of carbonyl (C=O) groups is 7. The van der Waals surface area contributed by atoms with E-state index in [1.54, 1.807) is 23.1 Å². The number of hydrogen-bond acceptors (Lipinski definition) is 9. The van der Waals surface area contributed by atoms with Gasteiger partial charge in [0.2, 0.25) is 11.8 Å². The van der Waals surface area contributed by atoms with Gasteiger partial charge in [0, 0.05) is 77.2 Å². The van der Waals surface area contributed by atoms with Gasteiger partial charge < -0.3 is 45.9 Å². The number of fused-ring (bicyclic) bond motifs is 4. The molecule has 8 amide bonds. The summed E-state index contributed by atoms with van der Waals surface area (Å²) < 4.78 is 6.80. The fourth-order valence-corrected chi connectivity index (χ4v) is 10.2. The SMILES string of the molecule is CCCCCN(C(=O)C1(C(=O)N[C@@H](CCCNC(N)=O)C(=O)Nc2ccc(C[N+](C)(C)CCOc3ccc4[nH]c(C(=O)N5C[C@@H](CCl)c6c5cc(O)c5ccccc65)cc4c3)cc2)CCC1)N1C(=O)C=CC1=O. The van der Waals surface area contributed by atoms with Crippen LogP contribution in [-0.4, -0.2) is 125 Å². The van der Waals surface area contributed by atoms with Gasteiger partial charge in [-0.2, -0.15) is 5.01 Å². The minimum Gasteiger partial charge on any atom is -0.507 e. The maximum atomic E-state index is 14.3. The molecule has 2 aliphatic heterocycles. The molecule has 4 aromatic carbocycles. The molecule has 19 heteroatoms. The lowest BCUT2D eigenvalue weighted by Crippen LogP contribution is -2.62. The number of aromatic amines is 1. The van der Waals surface area contributed by atoms with Gasteiger partial charge in [0.15, 0.2) is 0 Å². The summed E-state index contributed by atoms with van der Waals surface area (Å²) in [7, 11) is 4.17. The van der Waals surface area contributed by atoms with E-state index in [-0.39, 0.29) is 56.3 Å². The lowest BCUT2D eigenvalue weighted by atomic mass is 9.67. The second-order valence-corrected chi connectivity index (χ2v) is 20.1. The second kappa shape index (κ2) is 22.1. The van der Waals surface area contributed by atoms with Gasteiger partial charge in [-0.05, 0) is 79.5 Å². The van der Waals surface area contributed by atoms with Crippen molar-refractivity contribution in [2.75, 3.05) is 63.0 Å². The zero-order valence-electron chi connectivity index (χ0n) is 41.4. The van der Waals surface area contributed by atoms with Crippen LogP contribution < -0.4 is 31.3 Å². The molecule has 0 saturated heterocycles. The summed E-state index contributed by atoms with van der Waals surface area (Å²) in [5.74, 6) is -2.41. The van der Waals surface area contributed by atoms with Crippen LogP contribution in [0.1, 0.15) is 85.8 Å². The van der Waals surface area contributed by atoms with E-state index in [0.717, 1.165) is 67.8 Å². The summed E-state index contributed by atoms with van der Waals surface area (Å²) in [6.07, 6.45) is 5.57. The lowest BCUT2D eigenvalue weighted by molar-refractivity contribution is -0.903. The molecule has 1 aromatic heterocycles. The number of unbranched alkanes of at least 4 members (excludes halogenated alkanes) is 2. The Kier molecular flexibility index (Phi) is 15.7. The number of alkyl halides is 1. The molecular formula is C54H63ClN9O9+. The predicted molar refractivity (Wildman–Crippen MR) is 278 cm³/mol. The van der Waals surface area contributed by atoms with E-state index in [9.17, 15) is 38.7 Å². The largest absolute Gasteiger partial charge is 0.507 e. The summed E-state index contributed by atoms with van der Waals surface area (Å²) in [5.41, 5.74) is 7.95. The molecule has 1 fully saturated rings. The van der Waals surface area contributed by atoms with Crippen molar-refractivity contribution in [2.24, 2.45) is 11.1 Å². The van der Waals surface area contributed by atoms with E-state index < -0.39 is 47.0 Å². The van der Waals surface area contributed by atoms with Crippen molar-refractivity contribution in [2.45, 2.75) is 76.8 Å². The van der Waals surface area contributed by atoms with Crippen LogP contribution in [0.4, 0.5) is 16.2 Å². The molecule has 3 heterocycles. The number of primary amides is 1. The number of aromatic hydroxyl groups is 1. The van der Waals surface area contributed by atoms with Crippen LogP contribution in [0.3, 0.4) is 0 Å². The number of nitrogens with zero attached hydrogens (tertiary/aromatic N) is 4. The van der Waals surface area contributed by atoms with E-state index in [0.29, 0.717) is 72.3 Å². The highest BCUT2D eigenvalue weighted by Crippen LogP contribution is 2.46. The number of nitrogens with two attached hydrogens (primary N) is 1. The maximum Gasteiger partial charge on any atom is 0.312 e. The Morgan fingerprint density at radius 2 is 1.68 bits per heavy atom. The summed E-state index contributed by atoms with van der Waals surface area (Å²) in [5, 5.41) is 23.3.